The standard InChI is InChI=1S/C24H27FN2O2/c25-21-10-3-9-20(14-21)19-8-1-5-17(13-19)15-24(23(26)29)11-4-12-27(16-24)22(28)18-6-2-7-18/h1,3,5,8-10,13-14,18H,2,4,6-7,11-12,15-16H2,(H2,26,29). The lowest BCUT2D eigenvalue weighted by Gasteiger charge is -2.43. The van der Waals surface area contributed by atoms with Crippen molar-refractivity contribution in [3.8, 4) is 11.1 Å². The minimum absolute atomic E-state index is 0.120. The van der Waals surface area contributed by atoms with E-state index >= 15 is 0 Å². The van der Waals surface area contributed by atoms with Crippen LogP contribution in [0.1, 0.15) is 37.7 Å². The van der Waals surface area contributed by atoms with Gasteiger partial charge in [0.15, 0.2) is 0 Å². The van der Waals surface area contributed by atoms with Gasteiger partial charge in [-0.05, 0) is 60.9 Å². The van der Waals surface area contributed by atoms with Crippen LogP contribution >= 0.6 is 0 Å². The molecular formula is C24H27FN2O2. The first-order valence-electron chi connectivity index (χ1n) is 10.4. The fraction of sp³-hybridized carbons (Fsp3) is 0.417. The number of benzene rings is 2. The Morgan fingerprint density at radius 3 is 2.45 bits per heavy atom. The van der Waals surface area contributed by atoms with Crippen molar-refractivity contribution in [2.24, 2.45) is 17.1 Å². The number of likely N-dealkylation sites (tertiary alicyclic amines) is 1. The van der Waals surface area contributed by atoms with Crippen molar-refractivity contribution < 1.29 is 14.0 Å². The van der Waals surface area contributed by atoms with Crippen molar-refractivity contribution >= 4 is 11.8 Å². The number of nitrogens with zero attached hydrogens (tertiary/aromatic N) is 1. The lowest BCUT2D eigenvalue weighted by molar-refractivity contribution is -0.145. The molecule has 2 amide bonds. The highest BCUT2D eigenvalue weighted by atomic mass is 19.1. The summed E-state index contributed by atoms with van der Waals surface area (Å²) in [7, 11) is 0. The molecule has 4 rings (SSSR count). The minimum atomic E-state index is -0.752. The lowest BCUT2D eigenvalue weighted by atomic mass is 9.73. The van der Waals surface area contributed by atoms with E-state index in [1.807, 2.05) is 35.2 Å². The molecule has 2 fully saturated rings. The SMILES string of the molecule is NC(=O)C1(Cc2cccc(-c3cccc(F)c3)c2)CCCN(C(=O)C2CCC2)C1. The van der Waals surface area contributed by atoms with E-state index in [1.165, 1.54) is 12.1 Å². The van der Waals surface area contributed by atoms with Crippen molar-refractivity contribution in [1.29, 1.82) is 0 Å². The highest BCUT2D eigenvalue weighted by Gasteiger charge is 2.43. The Morgan fingerprint density at radius 1 is 1.07 bits per heavy atom. The van der Waals surface area contributed by atoms with Gasteiger partial charge in [-0.3, -0.25) is 9.59 Å². The van der Waals surface area contributed by atoms with Crippen LogP contribution in [-0.2, 0) is 16.0 Å². The molecule has 5 heteroatoms. The number of hydrogen-bond acceptors (Lipinski definition) is 2. The van der Waals surface area contributed by atoms with Crippen LogP contribution in [0.4, 0.5) is 4.39 Å². The van der Waals surface area contributed by atoms with Crippen LogP contribution in [0, 0.1) is 17.2 Å². The van der Waals surface area contributed by atoms with Crippen molar-refractivity contribution in [1.82, 2.24) is 4.90 Å². The van der Waals surface area contributed by atoms with Gasteiger partial charge in [-0.1, -0.05) is 42.8 Å². The van der Waals surface area contributed by atoms with Gasteiger partial charge >= 0.3 is 0 Å². The Hall–Kier alpha value is -2.69. The molecule has 4 nitrogen and oxygen atoms in total. The van der Waals surface area contributed by atoms with Gasteiger partial charge in [0.1, 0.15) is 5.82 Å². The predicted molar refractivity (Wildman–Crippen MR) is 110 cm³/mol. The average molecular weight is 394 g/mol. The Bertz CT molecular complexity index is 925. The Kier molecular flexibility index (Phi) is 5.39. The number of piperidine rings is 1. The van der Waals surface area contributed by atoms with E-state index in [0.29, 0.717) is 25.9 Å². The molecule has 1 saturated heterocycles. The van der Waals surface area contributed by atoms with E-state index in [0.717, 1.165) is 42.4 Å². The molecule has 0 radical (unpaired) electrons. The van der Waals surface area contributed by atoms with Crippen LogP contribution in [-0.4, -0.2) is 29.8 Å². The normalized spacial score (nSPS) is 22.2. The van der Waals surface area contributed by atoms with E-state index in [-0.39, 0.29) is 23.5 Å². The van der Waals surface area contributed by atoms with Crippen molar-refractivity contribution in [3.63, 3.8) is 0 Å². The molecule has 1 saturated carbocycles. The molecule has 2 aromatic carbocycles. The van der Waals surface area contributed by atoms with Gasteiger partial charge in [0.05, 0.1) is 5.41 Å². The summed E-state index contributed by atoms with van der Waals surface area (Å²) in [6, 6.07) is 14.3. The summed E-state index contributed by atoms with van der Waals surface area (Å²) in [4.78, 5) is 27.1. The van der Waals surface area contributed by atoms with Gasteiger partial charge in [0.25, 0.3) is 0 Å². The number of nitrogens with two attached hydrogens (primary N) is 1. The van der Waals surface area contributed by atoms with E-state index in [4.69, 9.17) is 5.73 Å². The van der Waals surface area contributed by atoms with Gasteiger partial charge < -0.3 is 10.6 Å². The van der Waals surface area contributed by atoms with Crippen LogP contribution in [0.3, 0.4) is 0 Å². The maximum Gasteiger partial charge on any atom is 0.225 e. The van der Waals surface area contributed by atoms with Crippen molar-refractivity contribution in [2.75, 3.05) is 13.1 Å². The van der Waals surface area contributed by atoms with E-state index in [2.05, 4.69) is 0 Å². The molecule has 0 spiro atoms. The van der Waals surface area contributed by atoms with E-state index in [1.54, 1.807) is 6.07 Å². The summed E-state index contributed by atoms with van der Waals surface area (Å²) < 4.78 is 13.6. The molecular weight excluding hydrogens is 367 g/mol. The first kappa shape index (κ1) is 19.6. The van der Waals surface area contributed by atoms with Gasteiger partial charge in [-0.2, -0.15) is 0 Å². The number of halogens is 1. The third-order valence-corrected chi connectivity index (χ3v) is 6.49. The first-order chi connectivity index (χ1) is 14.0. The zero-order valence-corrected chi connectivity index (χ0v) is 16.6. The molecule has 29 heavy (non-hydrogen) atoms. The summed E-state index contributed by atoms with van der Waals surface area (Å²) in [5.74, 6) is -0.330. The molecule has 1 aliphatic heterocycles. The Labute approximate surface area is 170 Å². The summed E-state index contributed by atoms with van der Waals surface area (Å²) in [6.45, 7) is 1.09. The summed E-state index contributed by atoms with van der Waals surface area (Å²) in [5, 5.41) is 0. The molecule has 2 aromatic rings. The molecule has 1 heterocycles. The Morgan fingerprint density at radius 2 is 1.79 bits per heavy atom. The first-order valence-corrected chi connectivity index (χ1v) is 10.4. The summed E-state index contributed by atoms with van der Waals surface area (Å²) in [5.41, 5.74) is 7.80. The molecule has 1 atom stereocenters. The number of amides is 2. The largest absolute Gasteiger partial charge is 0.369 e. The molecule has 0 bridgehead atoms. The van der Waals surface area contributed by atoms with Crippen LogP contribution in [0.2, 0.25) is 0 Å². The van der Waals surface area contributed by atoms with Gasteiger partial charge in [0, 0.05) is 19.0 Å². The number of carbonyl (C=O) groups excluding carboxylic acids is 2. The maximum atomic E-state index is 13.6. The zero-order chi connectivity index (χ0) is 20.4. The van der Waals surface area contributed by atoms with Crippen LogP contribution in [0.5, 0.6) is 0 Å². The third-order valence-electron chi connectivity index (χ3n) is 6.49. The average Bonchev–Trinajstić information content (AvgIpc) is 2.67. The smallest absolute Gasteiger partial charge is 0.225 e. The maximum absolute atomic E-state index is 13.6. The quantitative estimate of drug-likeness (QED) is 0.835. The number of primary amides is 1. The summed E-state index contributed by atoms with van der Waals surface area (Å²) in [6.07, 6.45) is 4.97. The predicted octanol–water partition coefficient (Wildman–Crippen LogP) is 3.93. The highest BCUT2D eigenvalue weighted by Crippen LogP contribution is 2.37. The number of rotatable bonds is 5. The van der Waals surface area contributed by atoms with Crippen LogP contribution in [0.25, 0.3) is 11.1 Å². The third kappa shape index (κ3) is 4.04. The number of hydrogen-bond donors (Lipinski definition) is 1. The molecule has 2 N–H and O–H groups in total. The van der Waals surface area contributed by atoms with Crippen molar-refractivity contribution in [3.05, 3.63) is 59.9 Å². The van der Waals surface area contributed by atoms with Gasteiger partial charge in [-0.25, -0.2) is 4.39 Å². The second-order valence-corrected chi connectivity index (χ2v) is 8.52. The van der Waals surface area contributed by atoms with Gasteiger partial charge in [0.2, 0.25) is 11.8 Å². The van der Waals surface area contributed by atoms with E-state index < -0.39 is 5.41 Å². The topological polar surface area (TPSA) is 63.4 Å². The molecule has 1 unspecified atom stereocenters. The number of carbonyl (C=O) groups is 2. The van der Waals surface area contributed by atoms with Gasteiger partial charge in [-0.15, -0.1) is 0 Å². The lowest BCUT2D eigenvalue weighted by Crippen LogP contribution is -2.54. The van der Waals surface area contributed by atoms with Crippen molar-refractivity contribution in [2.45, 2.75) is 38.5 Å². The molecule has 0 aromatic heterocycles. The molecule has 1 aliphatic carbocycles. The fourth-order valence-corrected chi connectivity index (χ4v) is 4.59. The second-order valence-electron chi connectivity index (χ2n) is 8.52. The second kappa shape index (κ2) is 7.97. The zero-order valence-electron chi connectivity index (χ0n) is 16.6. The molecule has 152 valence electrons. The minimum Gasteiger partial charge on any atom is -0.369 e. The highest BCUT2D eigenvalue weighted by molar-refractivity contribution is 5.84. The fourth-order valence-electron chi connectivity index (χ4n) is 4.59. The van der Waals surface area contributed by atoms with Crippen LogP contribution in [0.15, 0.2) is 48.5 Å². The summed E-state index contributed by atoms with van der Waals surface area (Å²) >= 11 is 0. The molecule has 2 aliphatic rings. The van der Waals surface area contributed by atoms with Crippen LogP contribution < -0.4 is 5.73 Å². The monoisotopic (exact) mass is 394 g/mol. The Balaban J connectivity index is 1.57. The van der Waals surface area contributed by atoms with E-state index in [9.17, 15) is 14.0 Å².